The zero-order valence-corrected chi connectivity index (χ0v) is 30.6. The highest BCUT2D eigenvalue weighted by molar-refractivity contribution is 5.91. The molecular weight excluding hydrogens is 604 g/mol. The second-order valence-corrected chi connectivity index (χ2v) is 16.7. The molecule has 8 heteroatoms. The van der Waals surface area contributed by atoms with Gasteiger partial charge < -0.3 is 28.7 Å². The smallest absolute Gasteiger partial charge is 0.331 e. The summed E-state index contributed by atoms with van der Waals surface area (Å²) < 4.78 is 24.4. The number of carbonyl (C=O) groups excluding carboxylic acids is 2. The van der Waals surface area contributed by atoms with Crippen molar-refractivity contribution in [3.8, 4) is 11.5 Å². The molecule has 0 amide bonds. The average molecular weight is 657 g/mol. The predicted molar refractivity (Wildman–Crippen MR) is 190 cm³/mol. The van der Waals surface area contributed by atoms with Crippen molar-refractivity contribution in [1.82, 2.24) is 0 Å². The van der Waals surface area contributed by atoms with Gasteiger partial charge in [-0.15, -0.1) is 0 Å². The number of rotatable bonds is 8. The Labute approximate surface area is 286 Å². The number of hydrogen-bond acceptors (Lipinski definition) is 8. The first-order valence-electron chi connectivity index (χ1n) is 16.8. The van der Waals surface area contributed by atoms with Gasteiger partial charge in [-0.2, -0.15) is 0 Å². The second kappa shape index (κ2) is 12.4. The molecule has 0 unspecified atom stereocenters. The van der Waals surface area contributed by atoms with Crippen LogP contribution in [-0.4, -0.2) is 46.4 Å². The van der Waals surface area contributed by atoms with Crippen LogP contribution in [0.25, 0.3) is 0 Å². The monoisotopic (exact) mass is 656 g/mol. The first kappa shape index (κ1) is 35.1. The van der Waals surface area contributed by atoms with E-state index in [0.717, 1.165) is 22.5 Å². The van der Waals surface area contributed by atoms with Gasteiger partial charge in [0.25, 0.3) is 0 Å². The van der Waals surface area contributed by atoms with Crippen LogP contribution in [0.5, 0.6) is 11.5 Å². The number of para-hydroxylation sites is 4. The molecule has 2 aliphatic rings. The summed E-state index contributed by atoms with van der Waals surface area (Å²) in [6, 6.07) is 22.3. The van der Waals surface area contributed by atoms with Gasteiger partial charge >= 0.3 is 11.9 Å². The fourth-order valence-corrected chi connectivity index (χ4v) is 6.02. The average Bonchev–Trinajstić information content (AvgIpc) is 3.83. The fourth-order valence-electron chi connectivity index (χ4n) is 6.02. The van der Waals surface area contributed by atoms with Gasteiger partial charge in [-0.1, -0.05) is 48.5 Å². The molecule has 2 fully saturated rings. The molecule has 0 aliphatic carbocycles. The Morgan fingerprint density at radius 1 is 0.479 bits per heavy atom. The van der Waals surface area contributed by atoms with E-state index in [0.29, 0.717) is 11.5 Å². The number of nitrogens with zero attached hydrogens (tertiary/aromatic N) is 2. The lowest BCUT2D eigenvalue weighted by Gasteiger charge is -2.24. The summed E-state index contributed by atoms with van der Waals surface area (Å²) >= 11 is 0. The molecule has 0 radical (unpaired) electrons. The van der Waals surface area contributed by atoms with E-state index in [1.807, 2.05) is 156 Å². The van der Waals surface area contributed by atoms with Gasteiger partial charge in [-0.25, -0.2) is 9.59 Å². The molecule has 2 heterocycles. The van der Waals surface area contributed by atoms with Crippen LogP contribution in [0.4, 0.5) is 11.4 Å². The minimum Gasteiger partial charge on any atom is -0.486 e. The van der Waals surface area contributed by atoms with Crippen LogP contribution in [0.3, 0.4) is 0 Å². The molecule has 0 N–H and O–H groups in total. The normalized spacial score (nSPS) is 21.0. The third-order valence-corrected chi connectivity index (χ3v) is 7.65. The summed E-state index contributed by atoms with van der Waals surface area (Å²) in [5.41, 5.74) is 1.54. The van der Waals surface area contributed by atoms with Gasteiger partial charge in [0.05, 0.1) is 23.5 Å². The van der Waals surface area contributed by atoms with Gasteiger partial charge in [0.15, 0.2) is 12.1 Å². The van der Waals surface area contributed by atoms with E-state index in [-0.39, 0.29) is 24.0 Å². The Morgan fingerprint density at radius 3 is 1.08 bits per heavy atom. The Hall–Kier alpha value is -4.20. The molecule has 8 nitrogen and oxygen atoms in total. The molecule has 0 aromatic heterocycles. The quantitative estimate of drug-likeness (QED) is 0.176. The molecule has 258 valence electrons. The van der Waals surface area contributed by atoms with Gasteiger partial charge in [0.2, 0.25) is 0 Å². The highest BCUT2D eigenvalue weighted by atomic mass is 16.6. The van der Waals surface area contributed by atoms with Crippen LogP contribution >= 0.6 is 0 Å². The molecule has 2 saturated heterocycles. The minimum atomic E-state index is -0.625. The van der Waals surface area contributed by atoms with Gasteiger partial charge in [-0.3, -0.25) is 0 Å². The van der Waals surface area contributed by atoms with Crippen molar-refractivity contribution in [2.24, 2.45) is 0 Å². The van der Waals surface area contributed by atoms with E-state index in [1.54, 1.807) is 0 Å². The molecule has 2 aliphatic heterocycles. The molecule has 5 rings (SSSR count). The number of ether oxygens (including phenoxy) is 4. The fraction of sp³-hybridized carbons (Fsp3) is 0.500. The van der Waals surface area contributed by atoms with Crippen molar-refractivity contribution in [3.05, 3.63) is 83.9 Å². The van der Waals surface area contributed by atoms with Crippen molar-refractivity contribution >= 4 is 23.3 Å². The van der Waals surface area contributed by atoms with Crippen LogP contribution in [0, 0.1) is 0 Å². The molecule has 3 aromatic carbocycles. The predicted octanol–water partition coefficient (Wildman–Crippen LogP) is 8.58. The molecule has 0 spiro atoms. The maximum atomic E-state index is 13.6. The number of esters is 2. The van der Waals surface area contributed by atoms with E-state index in [2.05, 4.69) is 9.80 Å². The number of hydrogen-bond donors (Lipinski definition) is 0. The Balaban J connectivity index is 1.48. The van der Waals surface area contributed by atoms with Crippen molar-refractivity contribution in [1.29, 1.82) is 0 Å². The largest absolute Gasteiger partial charge is 0.486 e. The van der Waals surface area contributed by atoms with E-state index >= 15 is 0 Å². The van der Waals surface area contributed by atoms with Crippen molar-refractivity contribution in [3.63, 3.8) is 0 Å². The topological polar surface area (TPSA) is 77.1 Å². The number of benzene rings is 3. The molecule has 0 bridgehead atoms. The highest BCUT2D eigenvalue weighted by Crippen LogP contribution is 2.54. The van der Waals surface area contributed by atoms with E-state index in [1.165, 1.54) is 0 Å². The Morgan fingerprint density at radius 2 is 0.792 bits per heavy atom. The van der Waals surface area contributed by atoms with Crippen LogP contribution < -0.4 is 19.3 Å². The zero-order valence-electron chi connectivity index (χ0n) is 30.6. The highest BCUT2D eigenvalue weighted by Gasteiger charge is 2.58. The third kappa shape index (κ3) is 8.26. The molecular formula is C40H52N2O6. The number of carbonyl (C=O) groups is 2. The van der Waals surface area contributed by atoms with Gasteiger partial charge in [0, 0.05) is 0 Å². The lowest BCUT2D eigenvalue weighted by Crippen LogP contribution is -2.28. The summed E-state index contributed by atoms with van der Waals surface area (Å²) in [5, 5.41) is 0. The van der Waals surface area contributed by atoms with Gasteiger partial charge in [0.1, 0.15) is 33.9 Å². The second-order valence-electron chi connectivity index (χ2n) is 16.7. The molecule has 0 saturated carbocycles. The third-order valence-electron chi connectivity index (χ3n) is 7.65. The lowest BCUT2D eigenvalue weighted by atomic mass is 10.0. The number of anilines is 2. The van der Waals surface area contributed by atoms with E-state index in [4.69, 9.17) is 18.9 Å². The summed E-state index contributed by atoms with van der Waals surface area (Å²) in [7, 11) is 0. The van der Waals surface area contributed by atoms with Crippen molar-refractivity contribution in [2.45, 2.75) is 130 Å². The van der Waals surface area contributed by atoms with Crippen molar-refractivity contribution < 1.29 is 28.5 Å². The SMILES string of the molecule is CC(C)(C)OC(=O)[C@H]1[C@@H](c2ccc([C@@H]3[C@H](C(=O)OC(C)(C)C)N3c3ccccc3OC(C)(C)C)cc2)N1c1ccccc1OC(C)(C)C. The van der Waals surface area contributed by atoms with Gasteiger partial charge in [-0.05, 0) is 118 Å². The summed E-state index contributed by atoms with van der Waals surface area (Å²) in [6.07, 6.45) is 0. The minimum absolute atomic E-state index is 0.239. The standard InChI is InChI=1S/C40H52N2O6/c1-37(2,3)45-29-19-15-13-17-27(29)41-31(33(41)35(43)47-39(7,8)9)25-21-23-26(24-22-25)32-34(36(44)48-40(10,11)12)42(32)28-18-14-16-20-30(28)46-38(4,5)6/h13-24,31-34H,1-12H3/t31-,32-,33-,34-,41?,42?/m1/s1. The molecule has 48 heavy (non-hydrogen) atoms. The van der Waals surface area contributed by atoms with Crippen LogP contribution in [0.1, 0.15) is 106 Å². The van der Waals surface area contributed by atoms with Crippen LogP contribution in [0.2, 0.25) is 0 Å². The Kier molecular flexibility index (Phi) is 9.04. The maximum Gasteiger partial charge on any atom is 0.331 e. The van der Waals surface area contributed by atoms with E-state index in [9.17, 15) is 9.59 Å². The summed E-state index contributed by atoms with van der Waals surface area (Å²) in [5.74, 6) is 0.859. The van der Waals surface area contributed by atoms with Crippen LogP contribution in [-0.2, 0) is 19.1 Å². The molecule has 4 atom stereocenters. The molecule has 3 aromatic rings. The summed E-state index contributed by atoms with van der Waals surface area (Å²) in [6.45, 7) is 23.3. The maximum absolute atomic E-state index is 13.6. The first-order chi connectivity index (χ1) is 22.1. The lowest BCUT2D eigenvalue weighted by molar-refractivity contribution is -0.155. The Bertz CT molecular complexity index is 1520. The summed E-state index contributed by atoms with van der Waals surface area (Å²) in [4.78, 5) is 31.2. The first-order valence-corrected chi connectivity index (χ1v) is 16.8. The van der Waals surface area contributed by atoms with Crippen molar-refractivity contribution in [2.75, 3.05) is 9.80 Å². The van der Waals surface area contributed by atoms with Crippen LogP contribution in [0.15, 0.2) is 72.8 Å². The van der Waals surface area contributed by atoms with E-state index < -0.39 is 34.5 Å². The zero-order chi connectivity index (χ0) is 35.4.